The SMILES string of the molecule is CCCOCc1ccc(C(=O)N(C)c2ccc(N3CCC(N(C)C)C3)c(F)c2)cc1.[HH]. The van der Waals surface area contributed by atoms with E-state index in [-0.39, 0.29) is 13.2 Å². The van der Waals surface area contributed by atoms with Crippen molar-refractivity contribution in [2.45, 2.75) is 32.4 Å². The fraction of sp³-hybridized carbons (Fsp3) is 0.458. The molecule has 1 amide bonds. The first-order chi connectivity index (χ1) is 14.4. The van der Waals surface area contributed by atoms with Gasteiger partial charge in [-0.1, -0.05) is 19.1 Å². The number of amides is 1. The zero-order valence-corrected chi connectivity index (χ0v) is 18.4. The van der Waals surface area contributed by atoms with Crippen LogP contribution in [-0.2, 0) is 11.3 Å². The first-order valence-corrected chi connectivity index (χ1v) is 10.6. The molecular formula is C24H34FN3O2. The largest absolute Gasteiger partial charge is 0.377 e. The molecule has 0 radical (unpaired) electrons. The number of rotatable bonds is 8. The molecule has 6 heteroatoms. The first-order valence-electron chi connectivity index (χ1n) is 10.6. The van der Waals surface area contributed by atoms with E-state index in [0.29, 0.717) is 29.6 Å². The summed E-state index contributed by atoms with van der Waals surface area (Å²) in [5, 5.41) is 0. The molecule has 2 aromatic carbocycles. The maximum Gasteiger partial charge on any atom is 0.258 e. The highest BCUT2D eigenvalue weighted by atomic mass is 19.1. The quantitative estimate of drug-likeness (QED) is 0.598. The fourth-order valence-corrected chi connectivity index (χ4v) is 3.73. The third-order valence-corrected chi connectivity index (χ3v) is 5.68. The monoisotopic (exact) mass is 415 g/mol. The molecule has 0 aromatic heterocycles. The van der Waals surface area contributed by atoms with Crippen molar-refractivity contribution in [3.63, 3.8) is 0 Å². The number of benzene rings is 2. The second kappa shape index (κ2) is 10.0. The molecule has 3 rings (SSSR count). The summed E-state index contributed by atoms with van der Waals surface area (Å²) >= 11 is 0. The number of carbonyl (C=O) groups excluding carboxylic acids is 1. The second-order valence-electron chi connectivity index (χ2n) is 8.10. The highest BCUT2D eigenvalue weighted by Gasteiger charge is 2.26. The van der Waals surface area contributed by atoms with E-state index in [1.807, 2.05) is 18.2 Å². The molecule has 0 aliphatic carbocycles. The average Bonchev–Trinajstić information content (AvgIpc) is 3.23. The average molecular weight is 416 g/mol. The number of ether oxygens (including phenoxy) is 1. The lowest BCUT2D eigenvalue weighted by Gasteiger charge is -2.23. The first kappa shape index (κ1) is 22.2. The summed E-state index contributed by atoms with van der Waals surface area (Å²) in [6, 6.07) is 12.9. The molecular weight excluding hydrogens is 381 g/mol. The summed E-state index contributed by atoms with van der Waals surface area (Å²) in [4.78, 5) is 18.6. The van der Waals surface area contributed by atoms with Crippen LogP contribution < -0.4 is 9.80 Å². The minimum atomic E-state index is -0.296. The van der Waals surface area contributed by atoms with Crippen LogP contribution in [0.3, 0.4) is 0 Å². The van der Waals surface area contributed by atoms with Gasteiger partial charge in [-0.05, 0) is 62.8 Å². The molecule has 0 bridgehead atoms. The highest BCUT2D eigenvalue weighted by Crippen LogP contribution is 2.28. The van der Waals surface area contributed by atoms with Gasteiger partial charge in [0.2, 0.25) is 0 Å². The molecule has 0 spiro atoms. The highest BCUT2D eigenvalue weighted by molar-refractivity contribution is 6.05. The Morgan fingerprint density at radius 1 is 1.20 bits per heavy atom. The van der Waals surface area contributed by atoms with Crippen molar-refractivity contribution in [2.75, 3.05) is 50.6 Å². The topological polar surface area (TPSA) is 36.0 Å². The van der Waals surface area contributed by atoms with Crippen molar-refractivity contribution in [1.29, 1.82) is 0 Å². The lowest BCUT2D eigenvalue weighted by molar-refractivity contribution is 0.0992. The van der Waals surface area contributed by atoms with Gasteiger partial charge in [0, 0.05) is 45.5 Å². The third kappa shape index (κ3) is 5.18. The molecule has 1 atom stereocenters. The maximum absolute atomic E-state index is 14.8. The second-order valence-corrected chi connectivity index (χ2v) is 8.10. The molecule has 0 N–H and O–H groups in total. The van der Waals surface area contributed by atoms with Gasteiger partial charge in [0.15, 0.2) is 0 Å². The molecule has 2 aromatic rings. The number of hydrogen-bond donors (Lipinski definition) is 0. The van der Waals surface area contributed by atoms with Gasteiger partial charge in [-0.15, -0.1) is 0 Å². The van der Waals surface area contributed by atoms with Crippen molar-refractivity contribution in [3.8, 4) is 0 Å². The number of anilines is 2. The van der Waals surface area contributed by atoms with Gasteiger partial charge in [0.1, 0.15) is 5.82 Å². The zero-order valence-electron chi connectivity index (χ0n) is 18.4. The summed E-state index contributed by atoms with van der Waals surface area (Å²) in [6.07, 6.45) is 2.00. The summed E-state index contributed by atoms with van der Waals surface area (Å²) in [7, 11) is 5.78. The normalized spacial score (nSPS) is 16.3. The van der Waals surface area contributed by atoms with Crippen molar-refractivity contribution in [3.05, 3.63) is 59.4 Å². The molecule has 1 saturated heterocycles. The van der Waals surface area contributed by atoms with Crippen molar-refractivity contribution in [1.82, 2.24) is 4.90 Å². The van der Waals surface area contributed by atoms with Gasteiger partial charge < -0.3 is 19.4 Å². The summed E-state index contributed by atoms with van der Waals surface area (Å²) in [5.74, 6) is -0.466. The van der Waals surface area contributed by atoms with Crippen LogP contribution in [0.2, 0.25) is 0 Å². The van der Waals surface area contributed by atoms with Gasteiger partial charge in [-0.2, -0.15) is 0 Å². The molecule has 1 unspecified atom stereocenters. The molecule has 1 aliphatic rings. The van der Waals surface area contributed by atoms with E-state index in [2.05, 4.69) is 30.8 Å². The summed E-state index contributed by atoms with van der Waals surface area (Å²) in [6.45, 7) is 4.97. The van der Waals surface area contributed by atoms with Crippen LogP contribution in [0.1, 0.15) is 37.1 Å². The van der Waals surface area contributed by atoms with E-state index in [9.17, 15) is 9.18 Å². The standard InChI is InChI=1S/C24H32FN3O2.H2/c1-5-14-30-17-18-6-8-19(9-7-18)24(29)27(4)20-10-11-23(22(25)15-20)28-13-12-21(16-28)26(2)3;/h6-11,15,21H,5,12-14,16-17H2,1-4H3;1H. The molecule has 1 heterocycles. The van der Waals surface area contributed by atoms with Gasteiger partial charge in [0.25, 0.3) is 5.91 Å². The van der Waals surface area contributed by atoms with E-state index < -0.39 is 0 Å². The van der Waals surface area contributed by atoms with Gasteiger partial charge in [-0.25, -0.2) is 4.39 Å². The molecule has 30 heavy (non-hydrogen) atoms. The minimum Gasteiger partial charge on any atom is -0.377 e. The van der Waals surface area contributed by atoms with E-state index in [1.54, 1.807) is 25.2 Å². The van der Waals surface area contributed by atoms with Crippen LogP contribution in [0.25, 0.3) is 0 Å². The summed E-state index contributed by atoms with van der Waals surface area (Å²) in [5.41, 5.74) is 2.73. The number of nitrogens with zero attached hydrogens (tertiary/aromatic N) is 3. The van der Waals surface area contributed by atoms with Crippen LogP contribution in [0.5, 0.6) is 0 Å². The Kier molecular flexibility index (Phi) is 7.45. The Hall–Kier alpha value is -2.44. The van der Waals surface area contributed by atoms with Gasteiger partial charge >= 0.3 is 0 Å². The number of likely N-dealkylation sites (N-methyl/N-ethyl adjacent to an activating group) is 1. The van der Waals surface area contributed by atoms with Crippen LogP contribution in [0, 0.1) is 5.82 Å². The van der Waals surface area contributed by atoms with Crippen molar-refractivity contribution < 1.29 is 15.3 Å². The lowest BCUT2D eigenvalue weighted by atomic mass is 10.1. The Balaban J connectivity index is 0.00000341. The molecule has 1 fully saturated rings. The lowest BCUT2D eigenvalue weighted by Crippen LogP contribution is -2.31. The smallest absolute Gasteiger partial charge is 0.258 e. The van der Waals surface area contributed by atoms with E-state index >= 15 is 0 Å². The number of carbonyl (C=O) groups is 1. The molecule has 164 valence electrons. The van der Waals surface area contributed by atoms with Crippen LogP contribution in [0.15, 0.2) is 42.5 Å². The van der Waals surface area contributed by atoms with E-state index in [0.717, 1.165) is 38.1 Å². The van der Waals surface area contributed by atoms with Gasteiger partial charge in [-0.3, -0.25) is 4.79 Å². The zero-order chi connectivity index (χ0) is 21.7. The predicted molar refractivity (Wildman–Crippen MR) is 122 cm³/mol. The van der Waals surface area contributed by atoms with Crippen LogP contribution in [0.4, 0.5) is 15.8 Å². The summed E-state index contributed by atoms with van der Waals surface area (Å²) < 4.78 is 20.4. The maximum atomic E-state index is 14.8. The fourth-order valence-electron chi connectivity index (χ4n) is 3.73. The molecule has 0 saturated carbocycles. The molecule has 5 nitrogen and oxygen atoms in total. The van der Waals surface area contributed by atoms with Gasteiger partial charge in [0.05, 0.1) is 12.3 Å². The number of hydrogen-bond acceptors (Lipinski definition) is 4. The third-order valence-electron chi connectivity index (χ3n) is 5.68. The Bertz CT molecular complexity index is 860. The molecule has 1 aliphatic heterocycles. The number of halogens is 1. The Morgan fingerprint density at radius 2 is 1.93 bits per heavy atom. The Labute approximate surface area is 180 Å². The Morgan fingerprint density at radius 3 is 2.53 bits per heavy atom. The predicted octanol–water partition coefficient (Wildman–Crippen LogP) is 4.42. The minimum absolute atomic E-state index is 0. The van der Waals surface area contributed by atoms with E-state index in [4.69, 9.17) is 4.74 Å². The van der Waals surface area contributed by atoms with Crippen LogP contribution in [-0.4, -0.2) is 57.7 Å². The van der Waals surface area contributed by atoms with E-state index in [1.165, 1.54) is 11.0 Å². The van der Waals surface area contributed by atoms with Crippen molar-refractivity contribution >= 4 is 17.3 Å². The van der Waals surface area contributed by atoms with Crippen LogP contribution >= 0.6 is 0 Å². The van der Waals surface area contributed by atoms with Crippen molar-refractivity contribution in [2.24, 2.45) is 0 Å².